The first kappa shape index (κ1) is 13.8. The van der Waals surface area contributed by atoms with Gasteiger partial charge in [0.2, 0.25) is 17.0 Å². The van der Waals surface area contributed by atoms with Crippen LogP contribution in [0.25, 0.3) is 0 Å². The predicted octanol–water partition coefficient (Wildman–Crippen LogP) is -2.90. The van der Waals surface area contributed by atoms with E-state index in [1.165, 1.54) is 0 Å². The minimum atomic E-state index is -4.24. The van der Waals surface area contributed by atoms with Crippen LogP contribution in [0.3, 0.4) is 0 Å². The summed E-state index contributed by atoms with van der Waals surface area (Å²) in [5.74, 6) is -9.92. The topological polar surface area (TPSA) is 166 Å². The molecule has 22 heavy (non-hydrogen) atoms. The lowest BCUT2D eigenvalue weighted by Gasteiger charge is -2.46. The van der Waals surface area contributed by atoms with Gasteiger partial charge >= 0.3 is 0 Å². The van der Waals surface area contributed by atoms with Gasteiger partial charge < -0.3 is 20.4 Å². The highest BCUT2D eigenvalue weighted by Crippen LogP contribution is 2.37. The standard InChI is InChI=1S/C13H18O9/c1-6(15)10(19)12(21,8(3)17)13(22,9(4)18)11(20,5-14)7(2)16/h14,20-22H,5H2,1-4H3/t11-,12+,13+/m0/s1/i1D,2D,3D,4D. The van der Waals surface area contributed by atoms with Gasteiger partial charge in [-0.25, -0.2) is 0 Å². The number of aliphatic hydroxyl groups excluding tert-OH is 1. The first-order valence-electron chi connectivity index (χ1n) is 8.35. The number of hydrogen-bond acceptors (Lipinski definition) is 9. The van der Waals surface area contributed by atoms with E-state index >= 15 is 0 Å². The zero-order chi connectivity index (χ0) is 20.9. The molecule has 0 radical (unpaired) electrons. The van der Waals surface area contributed by atoms with Crippen molar-refractivity contribution in [3.8, 4) is 0 Å². The Morgan fingerprint density at radius 3 is 1.73 bits per heavy atom. The van der Waals surface area contributed by atoms with E-state index in [1.54, 1.807) is 0 Å². The highest BCUT2D eigenvalue weighted by molar-refractivity contribution is 6.45. The molecule has 0 aliphatic rings. The Bertz CT molecular complexity index is 625. The summed E-state index contributed by atoms with van der Waals surface area (Å²) in [5, 5.41) is 40.9. The first-order chi connectivity index (χ1) is 11.9. The van der Waals surface area contributed by atoms with Gasteiger partial charge in [-0.3, -0.25) is 24.0 Å². The molecule has 0 heterocycles. The summed E-state index contributed by atoms with van der Waals surface area (Å²) in [5.41, 5.74) is -12.3. The van der Waals surface area contributed by atoms with Crippen LogP contribution >= 0.6 is 0 Å². The van der Waals surface area contributed by atoms with Gasteiger partial charge in [0.25, 0.3) is 0 Å². The molecule has 4 N–H and O–H groups in total. The van der Waals surface area contributed by atoms with Crippen molar-refractivity contribution < 1.29 is 49.9 Å². The highest BCUT2D eigenvalue weighted by Gasteiger charge is 2.72. The maximum absolute atomic E-state index is 12.2. The summed E-state index contributed by atoms with van der Waals surface area (Å²) >= 11 is 0. The molecule has 0 aromatic rings. The van der Waals surface area contributed by atoms with E-state index in [0.717, 1.165) is 0 Å². The van der Waals surface area contributed by atoms with Gasteiger partial charge in [0.15, 0.2) is 28.7 Å². The van der Waals surface area contributed by atoms with E-state index in [-0.39, 0.29) is 0 Å². The fraction of sp³-hybridized carbons (Fsp3) is 0.615. The van der Waals surface area contributed by atoms with E-state index in [9.17, 15) is 44.4 Å². The molecule has 0 bridgehead atoms. The minimum Gasteiger partial charge on any atom is -0.393 e. The van der Waals surface area contributed by atoms with E-state index in [0.29, 0.717) is 0 Å². The van der Waals surface area contributed by atoms with Crippen molar-refractivity contribution >= 4 is 28.9 Å². The summed E-state index contributed by atoms with van der Waals surface area (Å²) in [4.78, 5) is 59.8. The maximum atomic E-state index is 12.2. The second kappa shape index (κ2) is 6.13. The van der Waals surface area contributed by atoms with E-state index in [1.807, 2.05) is 0 Å². The molecule has 0 saturated heterocycles. The largest absolute Gasteiger partial charge is 0.393 e. The SMILES string of the molecule is [2H]CC(=O)C(=O)[C@](O)(C(=O)C[2H])[C@@](O)(C(=O)C[2H])[C@](O)(CO)C(=O)C[2H]. The monoisotopic (exact) mass is 322 g/mol. The van der Waals surface area contributed by atoms with E-state index < -0.39 is 79.9 Å². The molecule has 9 nitrogen and oxygen atoms in total. The third-order valence-corrected chi connectivity index (χ3v) is 3.20. The summed E-state index contributed by atoms with van der Waals surface area (Å²) in [6, 6.07) is 0. The zero-order valence-electron chi connectivity index (χ0n) is 15.4. The molecule has 0 amide bonds. The van der Waals surface area contributed by atoms with Crippen LogP contribution in [0.4, 0.5) is 0 Å². The third kappa shape index (κ3) is 2.41. The number of Topliss-reactive ketones (excluding diaryl/α,β-unsaturated/α-hetero) is 5. The van der Waals surface area contributed by atoms with Crippen LogP contribution in [0.15, 0.2) is 0 Å². The molecule has 0 saturated carbocycles. The molecule has 0 unspecified atom stereocenters. The Balaban J connectivity index is 7.14. The lowest BCUT2D eigenvalue weighted by Crippen LogP contribution is -2.79. The van der Waals surface area contributed by atoms with Crippen LogP contribution in [0.2, 0.25) is 0 Å². The zero-order valence-corrected chi connectivity index (χ0v) is 11.4. The third-order valence-electron chi connectivity index (χ3n) is 3.20. The Kier molecular flexibility index (Phi) is 3.85. The molecular weight excluding hydrogens is 300 g/mol. The van der Waals surface area contributed by atoms with Gasteiger partial charge in [-0.15, -0.1) is 0 Å². The van der Waals surface area contributed by atoms with Crippen molar-refractivity contribution in [2.45, 2.75) is 44.4 Å². The average Bonchev–Trinajstić information content (AvgIpc) is 2.67. The number of carbonyl (C=O) groups excluding carboxylic acids is 5. The normalized spacial score (nSPS) is 21.6. The van der Waals surface area contributed by atoms with Gasteiger partial charge in [-0.1, -0.05) is 0 Å². The molecule has 3 atom stereocenters. The van der Waals surface area contributed by atoms with Crippen molar-refractivity contribution in [3.63, 3.8) is 0 Å². The summed E-state index contributed by atoms with van der Waals surface area (Å²) in [6.07, 6.45) is 0. The van der Waals surface area contributed by atoms with Gasteiger partial charge in [-0.05, 0) is 20.7 Å². The van der Waals surface area contributed by atoms with Crippen molar-refractivity contribution in [2.75, 3.05) is 6.61 Å². The second-order valence-corrected chi connectivity index (χ2v) is 4.46. The van der Waals surface area contributed by atoms with Crippen LogP contribution in [0.5, 0.6) is 0 Å². The number of carbonyl (C=O) groups is 5. The van der Waals surface area contributed by atoms with Gasteiger partial charge in [0.05, 0.1) is 6.61 Å². The molecule has 0 aliphatic carbocycles. The lowest BCUT2D eigenvalue weighted by atomic mass is 9.63. The Morgan fingerprint density at radius 2 is 1.36 bits per heavy atom. The van der Waals surface area contributed by atoms with Crippen molar-refractivity contribution in [1.29, 1.82) is 0 Å². The van der Waals surface area contributed by atoms with E-state index in [2.05, 4.69) is 0 Å². The van der Waals surface area contributed by atoms with Gasteiger partial charge in [0.1, 0.15) is 0 Å². The van der Waals surface area contributed by atoms with Crippen LogP contribution in [-0.2, 0) is 24.0 Å². The summed E-state index contributed by atoms with van der Waals surface area (Å²) in [6.45, 7) is -7.67. The van der Waals surface area contributed by atoms with Crippen LogP contribution in [0.1, 0.15) is 33.1 Å². The molecular formula is C13H18O9. The van der Waals surface area contributed by atoms with Crippen molar-refractivity contribution in [3.05, 3.63) is 0 Å². The first-order valence-corrected chi connectivity index (χ1v) is 5.53. The predicted molar refractivity (Wildman–Crippen MR) is 69.7 cm³/mol. The number of rotatable bonds is 8. The Hall–Kier alpha value is -1.81. The van der Waals surface area contributed by atoms with Crippen LogP contribution in [0, 0.1) is 0 Å². The second-order valence-electron chi connectivity index (χ2n) is 4.46. The average molecular weight is 322 g/mol. The molecule has 9 heteroatoms. The minimum absolute atomic E-state index is 1.36. The Labute approximate surface area is 131 Å². The fourth-order valence-corrected chi connectivity index (χ4v) is 1.83. The van der Waals surface area contributed by atoms with Gasteiger partial charge in [0, 0.05) is 12.4 Å². The van der Waals surface area contributed by atoms with Crippen molar-refractivity contribution in [2.24, 2.45) is 0 Å². The quantitative estimate of drug-likeness (QED) is 0.271. The molecule has 0 aliphatic heterocycles. The molecule has 0 aromatic carbocycles. The number of hydrogen-bond donors (Lipinski definition) is 4. The Morgan fingerprint density at radius 1 is 0.864 bits per heavy atom. The molecule has 124 valence electrons. The van der Waals surface area contributed by atoms with Gasteiger partial charge in [-0.2, -0.15) is 0 Å². The summed E-state index contributed by atoms with van der Waals surface area (Å²) in [7, 11) is 0. The number of ketones is 5. The fourth-order valence-electron chi connectivity index (χ4n) is 1.83. The maximum Gasteiger partial charge on any atom is 0.240 e. The molecule has 0 spiro atoms. The summed E-state index contributed by atoms with van der Waals surface area (Å²) < 4.78 is 27.8. The highest BCUT2D eigenvalue weighted by atomic mass is 16.4. The molecule has 0 aromatic heterocycles. The smallest absolute Gasteiger partial charge is 0.240 e. The molecule has 0 rings (SSSR count). The molecule has 0 fully saturated rings. The lowest BCUT2D eigenvalue weighted by molar-refractivity contribution is -0.231. The van der Waals surface area contributed by atoms with Crippen LogP contribution < -0.4 is 0 Å². The van der Waals surface area contributed by atoms with E-state index in [4.69, 9.17) is 5.48 Å². The number of aliphatic hydroxyl groups is 4. The van der Waals surface area contributed by atoms with Crippen LogP contribution in [-0.4, -0.2) is 72.8 Å². The van der Waals surface area contributed by atoms with Crippen molar-refractivity contribution in [1.82, 2.24) is 0 Å².